The van der Waals surface area contributed by atoms with Gasteiger partial charge in [-0.2, -0.15) is 0 Å². The standard InChI is InChI=1S/C14H10BrClO2/c15-12-6-5-11(13(16)7-12)9-18-14-4-2-1-3-10(14)8-17/h1-8H,9H2. The van der Waals surface area contributed by atoms with E-state index in [2.05, 4.69) is 15.9 Å². The van der Waals surface area contributed by atoms with Gasteiger partial charge in [0.1, 0.15) is 12.4 Å². The van der Waals surface area contributed by atoms with Crippen LogP contribution in [0.25, 0.3) is 0 Å². The fraction of sp³-hybridized carbons (Fsp3) is 0.0714. The van der Waals surface area contributed by atoms with Gasteiger partial charge in [0.05, 0.1) is 5.56 Å². The molecule has 0 aromatic heterocycles. The zero-order chi connectivity index (χ0) is 13.0. The molecule has 0 spiro atoms. The molecular formula is C14H10BrClO2. The van der Waals surface area contributed by atoms with Gasteiger partial charge in [-0.25, -0.2) is 0 Å². The molecule has 2 aromatic rings. The summed E-state index contributed by atoms with van der Waals surface area (Å²) in [5, 5.41) is 0.632. The Morgan fingerprint density at radius 2 is 2.00 bits per heavy atom. The lowest BCUT2D eigenvalue weighted by Gasteiger charge is -2.09. The quantitative estimate of drug-likeness (QED) is 0.774. The van der Waals surface area contributed by atoms with Crippen molar-refractivity contribution in [2.75, 3.05) is 0 Å². The molecule has 0 saturated carbocycles. The van der Waals surface area contributed by atoms with Crippen molar-refractivity contribution < 1.29 is 9.53 Å². The summed E-state index contributed by atoms with van der Waals surface area (Å²) in [6.45, 7) is 0.330. The average Bonchev–Trinajstić information content (AvgIpc) is 2.38. The van der Waals surface area contributed by atoms with E-state index in [9.17, 15) is 4.79 Å². The van der Waals surface area contributed by atoms with Crippen LogP contribution in [0.2, 0.25) is 5.02 Å². The zero-order valence-corrected chi connectivity index (χ0v) is 11.7. The normalized spacial score (nSPS) is 10.1. The third-order valence-corrected chi connectivity index (χ3v) is 3.29. The number of halogens is 2. The van der Waals surface area contributed by atoms with E-state index in [0.717, 1.165) is 16.3 Å². The average molecular weight is 326 g/mol. The fourth-order valence-corrected chi connectivity index (χ4v) is 2.23. The minimum atomic E-state index is 0.330. The molecule has 0 N–H and O–H groups in total. The smallest absolute Gasteiger partial charge is 0.153 e. The van der Waals surface area contributed by atoms with E-state index in [4.69, 9.17) is 16.3 Å². The highest BCUT2D eigenvalue weighted by molar-refractivity contribution is 9.10. The number of carbonyl (C=O) groups is 1. The predicted octanol–water partition coefficient (Wildman–Crippen LogP) is 4.49. The number of hydrogen-bond donors (Lipinski definition) is 0. The maximum absolute atomic E-state index is 10.8. The minimum absolute atomic E-state index is 0.330. The summed E-state index contributed by atoms with van der Waals surface area (Å²) >= 11 is 9.43. The molecule has 0 atom stereocenters. The lowest BCUT2D eigenvalue weighted by Crippen LogP contribution is -1.98. The molecule has 0 heterocycles. The van der Waals surface area contributed by atoms with Gasteiger partial charge in [-0.05, 0) is 24.3 Å². The molecule has 2 rings (SSSR count). The van der Waals surface area contributed by atoms with E-state index < -0.39 is 0 Å². The van der Waals surface area contributed by atoms with Crippen LogP contribution in [0.1, 0.15) is 15.9 Å². The van der Waals surface area contributed by atoms with E-state index in [1.165, 1.54) is 0 Å². The third-order valence-electron chi connectivity index (χ3n) is 2.44. The first-order valence-corrected chi connectivity index (χ1v) is 6.49. The van der Waals surface area contributed by atoms with E-state index in [0.29, 0.717) is 22.9 Å². The van der Waals surface area contributed by atoms with Crippen molar-refractivity contribution in [1.29, 1.82) is 0 Å². The number of ether oxygens (including phenoxy) is 1. The van der Waals surface area contributed by atoms with Crippen molar-refractivity contribution in [1.82, 2.24) is 0 Å². The van der Waals surface area contributed by atoms with E-state index in [-0.39, 0.29) is 0 Å². The van der Waals surface area contributed by atoms with Crippen molar-refractivity contribution in [3.63, 3.8) is 0 Å². The first-order chi connectivity index (χ1) is 8.70. The molecule has 0 fully saturated rings. The van der Waals surface area contributed by atoms with Gasteiger partial charge in [0.25, 0.3) is 0 Å². The van der Waals surface area contributed by atoms with Crippen LogP contribution in [0.5, 0.6) is 5.75 Å². The second kappa shape index (κ2) is 6.03. The van der Waals surface area contributed by atoms with Crippen LogP contribution in [-0.2, 0) is 6.61 Å². The van der Waals surface area contributed by atoms with Crippen molar-refractivity contribution in [2.45, 2.75) is 6.61 Å². The summed E-state index contributed by atoms with van der Waals surface area (Å²) in [4.78, 5) is 10.8. The molecule has 2 aromatic carbocycles. The van der Waals surface area contributed by atoms with Gasteiger partial charge in [-0.1, -0.05) is 45.7 Å². The minimum Gasteiger partial charge on any atom is -0.488 e. The van der Waals surface area contributed by atoms with Crippen molar-refractivity contribution in [2.24, 2.45) is 0 Å². The van der Waals surface area contributed by atoms with Gasteiger partial charge < -0.3 is 4.74 Å². The maximum atomic E-state index is 10.8. The van der Waals surface area contributed by atoms with Gasteiger partial charge in [-0.3, -0.25) is 4.79 Å². The second-order valence-corrected chi connectivity index (χ2v) is 5.00. The molecule has 0 aliphatic rings. The van der Waals surface area contributed by atoms with Crippen LogP contribution in [0.4, 0.5) is 0 Å². The van der Waals surface area contributed by atoms with Crippen molar-refractivity contribution >= 4 is 33.8 Å². The molecule has 4 heteroatoms. The lowest BCUT2D eigenvalue weighted by atomic mass is 10.2. The summed E-state index contributed by atoms with van der Waals surface area (Å²) < 4.78 is 6.52. The van der Waals surface area contributed by atoms with Crippen LogP contribution in [0.15, 0.2) is 46.9 Å². The third kappa shape index (κ3) is 3.12. The maximum Gasteiger partial charge on any atom is 0.153 e. The summed E-state index contributed by atoms with van der Waals surface area (Å²) in [5.74, 6) is 0.562. The Hall–Kier alpha value is -1.32. The fourth-order valence-electron chi connectivity index (χ4n) is 1.50. The Morgan fingerprint density at radius 1 is 1.22 bits per heavy atom. The van der Waals surface area contributed by atoms with Crippen LogP contribution >= 0.6 is 27.5 Å². The van der Waals surface area contributed by atoms with Gasteiger partial charge in [0.2, 0.25) is 0 Å². The predicted molar refractivity (Wildman–Crippen MR) is 75.3 cm³/mol. The Balaban J connectivity index is 2.14. The Labute approximate surface area is 119 Å². The molecule has 0 aliphatic heterocycles. The summed E-state index contributed by atoms with van der Waals surface area (Å²) in [6, 6.07) is 12.7. The number of carbonyl (C=O) groups excluding carboxylic acids is 1. The molecule has 0 aliphatic carbocycles. The van der Waals surface area contributed by atoms with E-state index in [1.807, 2.05) is 24.3 Å². The zero-order valence-electron chi connectivity index (χ0n) is 9.40. The highest BCUT2D eigenvalue weighted by Crippen LogP contribution is 2.23. The molecule has 0 bridgehead atoms. The van der Waals surface area contributed by atoms with Crippen molar-refractivity contribution in [3.05, 3.63) is 63.1 Å². The van der Waals surface area contributed by atoms with Gasteiger partial charge in [0, 0.05) is 15.1 Å². The number of benzene rings is 2. The molecule has 92 valence electrons. The monoisotopic (exact) mass is 324 g/mol. The number of rotatable bonds is 4. The molecule has 0 unspecified atom stereocenters. The van der Waals surface area contributed by atoms with E-state index in [1.54, 1.807) is 18.2 Å². The topological polar surface area (TPSA) is 26.3 Å². The largest absolute Gasteiger partial charge is 0.488 e. The highest BCUT2D eigenvalue weighted by atomic mass is 79.9. The summed E-state index contributed by atoms with van der Waals surface area (Å²) in [7, 11) is 0. The van der Waals surface area contributed by atoms with Gasteiger partial charge >= 0.3 is 0 Å². The Bertz CT molecular complexity index is 569. The molecule has 18 heavy (non-hydrogen) atoms. The summed E-state index contributed by atoms with van der Waals surface area (Å²) in [5.41, 5.74) is 1.41. The number of aldehydes is 1. The van der Waals surface area contributed by atoms with Crippen molar-refractivity contribution in [3.8, 4) is 5.75 Å². The van der Waals surface area contributed by atoms with Gasteiger partial charge in [-0.15, -0.1) is 0 Å². The van der Waals surface area contributed by atoms with Crippen LogP contribution < -0.4 is 4.74 Å². The molecule has 0 saturated heterocycles. The van der Waals surface area contributed by atoms with Gasteiger partial charge in [0.15, 0.2) is 6.29 Å². The van der Waals surface area contributed by atoms with Crippen LogP contribution in [-0.4, -0.2) is 6.29 Å². The van der Waals surface area contributed by atoms with Crippen LogP contribution in [0.3, 0.4) is 0 Å². The number of hydrogen-bond acceptors (Lipinski definition) is 2. The highest BCUT2D eigenvalue weighted by Gasteiger charge is 2.05. The Morgan fingerprint density at radius 3 is 2.72 bits per heavy atom. The Kier molecular flexibility index (Phi) is 4.39. The molecule has 0 amide bonds. The second-order valence-electron chi connectivity index (χ2n) is 3.68. The first kappa shape index (κ1) is 13.1. The molecule has 2 nitrogen and oxygen atoms in total. The van der Waals surface area contributed by atoms with E-state index >= 15 is 0 Å². The van der Waals surface area contributed by atoms with Crippen LogP contribution in [0, 0.1) is 0 Å². The molecule has 0 radical (unpaired) electrons. The number of para-hydroxylation sites is 1. The molecular weight excluding hydrogens is 316 g/mol. The SMILES string of the molecule is O=Cc1ccccc1OCc1ccc(Br)cc1Cl. The lowest BCUT2D eigenvalue weighted by molar-refractivity contribution is 0.111. The first-order valence-electron chi connectivity index (χ1n) is 5.31. The summed E-state index contributed by atoms with van der Waals surface area (Å²) in [6.07, 6.45) is 0.776.